The summed E-state index contributed by atoms with van der Waals surface area (Å²) in [7, 11) is 0.965. The second-order valence-corrected chi connectivity index (χ2v) is 11.8. The van der Waals surface area contributed by atoms with E-state index in [1.807, 2.05) is 0 Å². The molecule has 13 nitrogen and oxygen atoms in total. The Morgan fingerprint density at radius 2 is 1.57 bits per heavy atom. The van der Waals surface area contributed by atoms with E-state index >= 15 is 0 Å². The minimum absolute atomic E-state index is 0.0255. The molecule has 0 amide bonds. The van der Waals surface area contributed by atoms with Gasteiger partial charge in [-0.05, 0) is 55.2 Å². The number of hydrogen-bond acceptors (Lipinski definition) is 13. The third kappa shape index (κ3) is 3.82. The summed E-state index contributed by atoms with van der Waals surface area (Å²) in [6, 6.07) is 5.74. The molecule has 0 aliphatic heterocycles. The van der Waals surface area contributed by atoms with Gasteiger partial charge in [0, 0.05) is 29.2 Å². The van der Waals surface area contributed by atoms with Gasteiger partial charge in [0.15, 0.2) is 11.4 Å². The molecule has 7 N–H and O–H groups in total. The molecular formula is C33H28O13. The molecule has 0 saturated heterocycles. The Hall–Kier alpha value is -5.40. The molecule has 4 atom stereocenters. The van der Waals surface area contributed by atoms with Gasteiger partial charge in [-0.1, -0.05) is 12.1 Å². The van der Waals surface area contributed by atoms with Crippen molar-refractivity contribution in [2.75, 3.05) is 7.11 Å². The lowest BCUT2D eigenvalue weighted by Crippen LogP contribution is -2.65. The lowest BCUT2D eigenvalue weighted by Gasteiger charge is -2.56. The zero-order valence-electron chi connectivity index (χ0n) is 24.6. The van der Waals surface area contributed by atoms with Gasteiger partial charge in [-0.15, -0.1) is 0 Å². The maximum Gasteiger partial charge on any atom is 0.342 e. The number of esters is 2. The highest BCUT2D eigenvalue weighted by Gasteiger charge is 2.71. The van der Waals surface area contributed by atoms with Crippen molar-refractivity contribution >= 4 is 29.1 Å². The van der Waals surface area contributed by atoms with Crippen molar-refractivity contribution in [3.63, 3.8) is 0 Å². The number of hydrogen-bond donors (Lipinski definition) is 7. The topological polar surface area (TPSA) is 228 Å². The standard InChI is InChI=1S/C33H28O13/c1-12-8-16-22(19(37)9-12)29(42)33(44)28(41)15-6-7-32(33,30(16)46-13(2)34)11-14-10-20(38)25(26(39)21(14)15)27(40)23-17(35)4-5-18(36)24(23)31(43)45-3/h4-6,8-10,29-30,35-39,42,44H,7,11H2,1-3H3/t29?,30-,32+,33?/m0/s1. The van der Waals surface area contributed by atoms with E-state index in [1.165, 1.54) is 12.1 Å². The summed E-state index contributed by atoms with van der Waals surface area (Å²) in [5, 5.41) is 78.4. The highest BCUT2D eigenvalue weighted by atomic mass is 16.5. The Morgan fingerprint density at radius 3 is 2.20 bits per heavy atom. The number of aromatic hydroxyl groups is 5. The van der Waals surface area contributed by atoms with E-state index in [0.717, 1.165) is 32.2 Å². The molecule has 0 heterocycles. The number of Topliss-reactive ketones (excluding diaryl/α,β-unsaturated/α-hetero) is 1. The van der Waals surface area contributed by atoms with Crippen LogP contribution < -0.4 is 0 Å². The van der Waals surface area contributed by atoms with Crippen molar-refractivity contribution in [3.05, 3.63) is 80.9 Å². The van der Waals surface area contributed by atoms with Gasteiger partial charge in [0.2, 0.25) is 5.78 Å². The van der Waals surface area contributed by atoms with Crippen LogP contribution in [0.3, 0.4) is 0 Å². The molecule has 0 fully saturated rings. The molecule has 13 heteroatoms. The molecular weight excluding hydrogens is 604 g/mol. The van der Waals surface area contributed by atoms with Gasteiger partial charge in [0.25, 0.3) is 0 Å². The van der Waals surface area contributed by atoms with Crippen LogP contribution in [0.15, 0.2) is 36.4 Å². The SMILES string of the molecule is COC(=O)c1c(O)ccc(O)c1C(=O)c1c(O)cc2c(c1O)C1=CC[C@@]3(C2)[C@@H](OC(C)=O)c2cc(C)cc(O)c2C(O)C3(O)C1=O. The molecule has 2 unspecified atom stereocenters. The average molecular weight is 633 g/mol. The number of aliphatic hydroxyl groups excluding tert-OH is 1. The van der Waals surface area contributed by atoms with Gasteiger partial charge in [0.05, 0.1) is 18.1 Å². The second-order valence-electron chi connectivity index (χ2n) is 11.8. The first-order chi connectivity index (χ1) is 21.6. The number of aliphatic hydroxyl groups is 2. The highest BCUT2D eigenvalue weighted by molar-refractivity contribution is 6.29. The van der Waals surface area contributed by atoms with Crippen LogP contribution in [0.4, 0.5) is 0 Å². The Kier molecular flexibility index (Phi) is 6.69. The summed E-state index contributed by atoms with van der Waals surface area (Å²) in [6.45, 7) is 2.76. The summed E-state index contributed by atoms with van der Waals surface area (Å²) >= 11 is 0. The predicted molar refractivity (Wildman–Crippen MR) is 155 cm³/mol. The Morgan fingerprint density at radius 1 is 0.913 bits per heavy atom. The van der Waals surface area contributed by atoms with Gasteiger partial charge in [-0.2, -0.15) is 0 Å². The fourth-order valence-corrected chi connectivity index (χ4v) is 7.31. The highest BCUT2D eigenvalue weighted by Crippen LogP contribution is 2.66. The van der Waals surface area contributed by atoms with E-state index in [4.69, 9.17) is 4.74 Å². The maximum absolute atomic E-state index is 14.3. The molecule has 4 aliphatic rings. The molecule has 4 aliphatic carbocycles. The van der Waals surface area contributed by atoms with Crippen LogP contribution in [-0.2, 0) is 25.5 Å². The van der Waals surface area contributed by atoms with Crippen LogP contribution in [0.2, 0.25) is 0 Å². The average Bonchev–Trinajstić information content (AvgIpc) is 3.19. The minimum Gasteiger partial charge on any atom is -0.508 e. The fourth-order valence-electron chi connectivity index (χ4n) is 7.31. The zero-order chi connectivity index (χ0) is 33.6. The Labute approximate surface area is 260 Å². The van der Waals surface area contributed by atoms with Crippen LogP contribution in [0.1, 0.15) is 79.6 Å². The van der Waals surface area contributed by atoms with Crippen molar-refractivity contribution in [1.82, 2.24) is 0 Å². The van der Waals surface area contributed by atoms with Crippen LogP contribution in [0, 0.1) is 12.3 Å². The number of allylic oxidation sites excluding steroid dienone is 1. The van der Waals surface area contributed by atoms with Gasteiger partial charge in [-0.3, -0.25) is 14.4 Å². The van der Waals surface area contributed by atoms with Gasteiger partial charge >= 0.3 is 11.9 Å². The monoisotopic (exact) mass is 632 g/mol. The van der Waals surface area contributed by atoms with Crippen LogP contribution in [-0.4, -0.2) is 72.0 Å². The number of methoxy groups -OCH3 is 1. The predicted octanol–water partition coefficient (Wildman–Crippen LogP) is 2.52. The lowest BCUT2D eigenvalue weighted by atomic mass is 9.52. The first kappa shape index (κ1) is 30.6. The molecule has 0 aromatic heterocycles. The van der Waals surface area contributed by atoms with E-state index in [2.05, 4.69) is 4.74 Å². The van der Waals surface area contributed by atoms with Crippen molar-refractivity contribution < 1.29 is 64.4 Å². The van der Waals surface area contributed by atoms with Crippen molar-refractivity contribution in [2.45, 2.75) is 44.5 Å². The first-order valence-electron chi connectivity index (χ1n) is 14.0. The summed E-state index contributed by atoms with van der Waals surface area (Å²) < 4.78 is 10.4. The molecule has 3 aromatic carbocycles. The normalized spacial score (nSPS) is 24.2. The third-order valence-corrected chi connectivity index (χ3v) is 9.23. The number of rotatable bonds is 4. The Balaban J connectivity index is 1.62. The zero-order valence-corrected chi connectivity index (χ0v) is 24.6. The number of phenolic OH excluding ortho intramolecular Hbond substituents is 5. The van der Waals surface area contributed by atoms with Gasteiger partial charge in [0.1, 0.15) is 52.1 Å². The largest absolute Gasteiger partial charge is 0.508 e. The number of ether oxygens (including phenoxy) is 2. The molecule has 46 heavy (non-hydrogen) atoms. The van der Waals surface area contributed by atoms with E-state index in [1.54, 1.807) is 13.0 Å². The van der Waals surface area contributed by atoms with Crippen LogP contribution >= 0.6 is 0 Å². The third-order valence-electron chi connectivity index (χ3n) is 9.23. The summed E-state index contributed by atoms with van der Waals surface area (Å²) in [5.41, 5.74) is -7.18. The number of carbonyl (C=O) groups excluding carboxylic acids is 4. The summed E-state index contributed by atoms with van der Waals surface area (Å²) in [6.07, 6.45) is -2.70. The number of ketones is 2. The molecule has 7 rings (SSSR count). The second kappa shape index (κ2) is 10.1. The van der Waals surface area contributed by atoms with Gasteiger partial charge in [-0.25, -0.2) is 4.79 Å². The number of benzene rings is 3. The number of aryl methyl sites for hydroxylation is 1. The summed E-state index contributed by atoms with van der Waals surface area (Å²) in [4.78, 5) is 53.1. The quantitative estimate of drug-likeness (QED) is 0.125. The molecule has 2 bridgehead atoms. The van der Waals surface area contributed by atoms with E-state index in [0.29, 0.717) is 5.56 Å². The van der Waals surface area contributed by atoms with E-state index in [-0.39, 0.29) is 34.2 Å². The molecule has 0 radical (unpaired) electrons. The smallest absolute Gasteiger partial charge is 0.342 e. The molecule has 0 saturated carbocycles. The van der Waals surface area contributed by atoms with Crippen molar-refractivity contribution in [2.24, 2.45) is 5.41 Å². The minimum atomic E-state index is -2.75. The summed E-state index contributed by atoms with van der Waals surface area (Å²) in [5.74, 6) is -8.27. The fraction of sp³-hybridized carbons (Fsp3) is 0.273. The molecule has 1 spiro atoms. The van der Waals surface area contributed by atoms with Gasteiger partial charge < -0.3 is 45.2 Å². The van der Waals surface area contributed by atoms with E-state index < -0.39 is 98.6 Å². The molecule has 238 valence electrons. The van der Waals surface area contributed by atoms with Crippen LogP contribution in [0.25, 0.3) is 5.57 Å². The van der Waals surface area contributed by atoms with Crippen LogP contribution in [0.5, 0.6) is 28.7 Å². The number of carbonyl (C=O) groups is 4. The van der Waals surface area contributed by atoms with Crippen molar-refractivity contribution in [3.8, 4) is 28.7 Å². The maximum atomic E-state index is 14.3. The Bertz CT molecular complexity index is 1960. The molecule has 3 aromatic rings. The number of phenols is 5. The first-order valence-corrected chi connectivity index (χ1v) is 14.0. The lowest BCUT2D eigenvalue weighted by molar-refractivity contribution is -0.217. The van der Waals surface area contributed by atoms with E-state index in [9.17, 15) is 54.9 Å². The number of fused-ring (bicyclic) bond motifs is 2. The van der Waals surface area contributed by atoms with Crippen molar-refractivity contribution in [1.29, 1.82) is 0 Å².